The van der Waals surface area contributed by atoms with Crippen LogP contribution in [-0.2, 0) is 11.8 Å². The topological polar surface area (TPSA) is 61.7 Å². The van der Waals surface area contributed by atoms with Crippen molar-refractivity contribution in [2.75, 3.05) is 7.11 Å². The minimum Gasteiger partial charge on any atom is -0.504 e. The Bertz CT molecular complexity index is 810. The predicted molar refractivity (Wildman–Crippen MR) is 90.0 cm³/mol. The predicted octanol–water partition coefficient (Wildman–Crippen LogP) is 4.03. The van der Waals surface area contributed by atoms with Crippen molar-refractivity contribution in [1.29, 1.82) is 0 Å². The molecule has 3 atom stereocenters. The standard InChI is InChI=1S/C19H19F4NO3/c1-27-16-7-2-11(8-15(16)25)14-9-18(26,10-17(20)24-14)12-3-5-13(6-4-12)19(21,22)23/h2-8,14,17,24-26H,9-10H2,1H3/t14-,17+,18?/m0/s1. The Labute approximate surface area is 153 Å². The molecule has 0 amide bonds. The van der Waals surface area contributed by atoms with E-state index in [0.29, 0.717) is 5.56 Å². The van der Waals surface area contributed by atoms with Gasteiger partial charge in [0.05, 0.1) is 18.3 Å². The molecule has 1 aliphatic rings. The molecule has 0 radical (unpaired) electrons. The second-order valence-corrected chi connectivity index (χ2v) is 6.63. The van der Waals surface area contributed by atoms with Gasteiger partial charge in [-0.05, 0) is 35.4 Å². The molecule has 3 N–H and O–H groups in total. The molecular formula is C19H19F4NO3. The molecule has 0 aliphatic carbocycles. The van der Waals surface area contributed by atoms with Crippen molar-refractivity contribution in [3.05, 3.63) is 59.2 Å². The summed E-state index contributed by atoms with van der Waals surface area (Å²) in [7, 11) is 1.40. The maximum Gasteiger partial charge on any atom is 0.416 e. The van der Waals surface area contributed by atoms with Crippen LogP contribution >= 0.6 is 0 Å². The number of hydrogen-bond acceptors (Lipinski definition) is 4. The molecule has 27 heavy (non-hydrogen) atoms. The monoisotopic (exact) mass is 385 g/mol. The van der Waals surface area contributed by atoms with Gasteiger partial charge in [-0.25, -0.2) is 4.39 Å². The van der Waals surface area contributed by atoms with Crippen LogP contribution in [0.3, 0.4) is 0 Å². The first kappa shape index (κ1) is 19.4. The summed E-state index contributed by atoms with van der Waals surface area (Å²) >= 11 is 0. The van der Waals surface area contributed by atoms with E-state index in [-0.39, 0.29) is 29.9 Å². The van der Waals surface area contributed by atoms with Crippen molar-refractivity contribution in [3.63, 3.8) is 0 Å². The second kappa shape index (κ2) is 7.01. The van der Waals surface area contributed by atoms with Gasteiger partial charge in [0, 0.05) is 18.9 Å². The van der Waals surface area contributed by atoms with Gasteiger partial charge in [-0.1, -0.05) is 18.2 Å². The van der Waals surface area contributed by atoms with E-state index in [4.69, 9.17) is 4.74 Å². The molecule has 4 nitrogen and oxygen atoms in total. The van der Waals surface area contributed by atoms with E-state index in [1.54, 1.807) is 6.07 Å². The maximum atomic E-state index is 14.3. The zero-order valence-corrected chi connectivity index (χ0v) is 14.4. The first-order valence-electron chi connectivity index (χ1n) is 8.29. The van der Waals surface area contributed by atoms with Gasteiger partial charge in [-0.2, -0.15) is 13.2 Å². The van der Waals surface area contributed by atoms with E-state index in [0.717, 1.165) is 12.1 Å². The van der Waals surface area contributed by atoms with Crippen LogP contribution in [0.5, 0.6) is 11.5 Å². The molecule has 1 fully saturated rings. The number of benzene rings is 2. The number of phenols is 1. The normalized spacial score (nSPS) is 26.0. The minimum absolute atomic E-state index is 0.0323. The zero-order chi connectivity index (χ0) is 19.8. The Balaban J connectivity index is 1.88. The van der Waals surface area contributed by atoms with Crippen LogP contribution in [0.25, 0.3) is 0 Å². The Morgan fingerprint density at radius 1 is 1.11 bits per heavy atom. The average molecular weight is 385 g/mol. The van der Waals surface area contributed by atoms with E-state index in [9.17, 15) is 27.8 Å². The summed E-state index contributed by atoms with van der Waals surface area (Å²) in [5, 5.41) is 23.6. The lowest BCUT2D eigenvalue weighted by atomic mass is 9.79. The van der Waals surface area contributed by atoms with Crippen LogP contribution in [0, 0.1) is 0 Å². The van der Waals surface area contributed by atoms with Gasteiger partial charge < -0.3 is 14.9 Å². The number of rotatable bonds is 3. The van der Waals surface area contributed by atoms with Gasteiger partial charge in [-0.3, -0.25) is 5.32 Å². The molecule has 0 saturated carbocycles. The Morgan fingerprint density at radius 2 is 1.78 bits per heavy atom. The molecule has 0 spiro atoms. The van der Waals surface area contributed by atoms with Crippen molar-refractivity contribution in [2.24, 2.45) is 0 Å². The fraction of sp³-hybridized carbons (Fsp3) is 0.368. The number of piperidine rings is 1. The lowest BCUT2D eigenvalue weighted by Crippen LogP contribution is -2.46. The highest BCUT2D eigenvalue weighted by atomic mass is 19.4. The molecule has 8 heteroatoms. The second-order valence-electron chi connectivity index (χ2n) is 6.63. The van der Waals surface area contributed by atoms with Gasteiger partial charge in [0.2, 0.25) is 0 Å². The highest BCUT2D eigenvalue weighted by Gasteiger charge is 2.41. The number of phenolic OH excluding ortho intramolecular Hbond substituents is 1. The van der Waals surface area contributed by atoms with E-state index >= 15 is 0 Å². The van der Waals surface area contributed by atoms with Gasteiger partial charge >= 0.3 is 6.18 Å². The minimum atomic E-state index is -4.49. The maximum absolute atomic E-state index is 14.3. The third-order valence-electron chi connectivity index (χ3n) is 4.80. The van der Waals surface area contributed by atoms with Crippen molar-refractivity contribution in [1.82, 2.24) is 5.32 Å². The number of alkyl halides is 4. The number of hydrogen-bond donors (Lipinski definition) is 3. The highest BCUT2D eigenvalue weighted by Crippen LogP contribution is 2.42. The number of aliphatic hydroxyl groups is 1. The number of aromatic hydroxyl groups is 1. The van der Waals surface area contributed by atoms with Crippen molar-refractivity contribution >= 4 is 0 Å². The van der Waals surface area contributed by atoms with Crippen LogP contribution in [0.2, 0.25) is 0 Å². The number of nitrogens with one attached hydrogen (secondary N) is 1. The van der Waals surface area contributed by atoms with Crippen LogP contribution < -0.4 is 10.1 Å². The number of methoxy groups -OCH3 is 1. The smallest absolute Gasteiger partial charge is 0.416 e. The Kier molecular flexibility index (Phi) is 5.05. The fourth-order valence-corrected chi connectivity index (χ4v) is 3.40. The van der Waals surface area contributed by atoms with Crippen LogP contribution in [0.1, 0.15) is 35.6 Å². The van der Waals surface area contributed by atoms with E-state index in [2.05, 4.69) is 5.32 Å². The third kappa shape index (κ3) is 4.01. The number of halogens is 4. The Morgan fingerprint density at radius 3 is 2.33 bits per heavy atom. The zero-order valence-electron chi connectivity index (χ0n) is 14.4. The highest BCUT2D eigenvalue weighted by molar-refractivity contribution is 5.43. The van der Waals surface area contributed by atoms with Crippen molar-refractivity contribution in [2.45, 2.75) is 37.0 Å². The van der Waals surface area contributed by atoms with E-state index in [1.165, 1.54) is 31.4 Å². The summed E-state index contributed by atoms with van der Waals surface area (Å²) in [6.45, 7) is 0. The summed E-state index contributed by atoms with van der Waals surface area (Å²) < 4.78 is 57.5. The molecule has 1 saturated heterocycles. The van der Waals surface area contributed by atoms with Gasteiger partial charge in [0.1, 0.15) is 0 Å². The van der Waals surface area contributed by atoms with Gasteiger partial charge in [-0.15, -0.1) is 0 Å². The molecule has 3 rings (SSSR count). The number of ether oxygens (including phenoxy) is 1. The molecule has 2 aromatic carbocycles. The Hall–Kier alpha value is -2.32. The summed E-state index contributed by atoms with van der Waals surface area (Å²) in [6, 6.07) is 7.99. The van der Waals surface area contributed by atoms with Gasteiger partial charge in [0.25, 0.3) is 0 Å². The lowest BCUT2D eigenvalue weighted by molar-refractivity contribution is -0.137. The van der Waals surface area contributed by atoms with E-state index < -0.39 is 29.7 Å². The first-order chi connectivity index (χ1) is 12.6. The van der Waals surface area contributed by atoms with Crippen LogP contribution in [0.4, 0.5) is 17.6 Å². The summed E-state index contributed by atoms with van der Waals surface area (Å²) in [6.07, 6.45) is -6.32. The quantitative estimate of drug-likeness (QED) is 0.552. The van der Waals surface area contributed by atoms with Gasteiger partial charge in [0.15, 0.2) is 17.8 Å². The molecule has 2 aromatic rings. The van der Waals surface area contributed by atoms with Crippen molar-refractivity contribution < 1.29 is 32.5 Å². The fourth-order valence-electron chi connectivity index (χ4n) is 3.40. The van der Waals surface area contributed by atoms with Crippen LogP contribution in [-0.4, -0.2) is 23.6 Å². The third-order valence-corrected chi connectivity index (χ3v) is 4.80. The van der Waals surface area contributed by atoms with E-state index in [1.807, 2.05) is 0 Å². The SMILES string of the molecule is COc1ccc([C@@H]2CC(O)(c3ccc(C(F)(F)F)cc3)C[C@H](F)N2)cc1O. The lowest BCUT2D eigenvalue weighted by Gasteiger charge is -2.40. The first-order valence-corrected chi connectivity index (χ1v) is 8.29. The molecule has 0 bridgehead atoms. The van der Waals surface area contributed by atoms with Crippen molar-refractivity contribution in [3.8, 4) is 11.5 Å². The molecule has 146 valence electrons. The van der Waals surface area contributed by atoms with Crippen LogP contribution in [0.15, 0.2) is 42.5 Å². The molecule has 1 heterocycles. The molecule has 1 unspecified atom stereocenters. The summed E-state index contributed by atoms with van der Waals surface area (Å²) in [4.78, 5) is 0. The summed E-state index contributed by atoms with van der Waals surface area (Å²) in [5.41, 5.74) is -1.74. The molecule has 0 aromatic heterocycles. The molecule has 1 aliphatic heterocycles. The average Bonchev–Trinajstić information content (AvgIpc) is 2.60. The summed E-state index contributed by atoms with van der Waals surface area (Å²) in [5.74, 6) is 0.125. The molecular weight excluding hydrogens is 366 g/mol. The largest absolute Gasteiger partial charge is 0.504 e.